The van der Waals surface area contributed by atoms with E-state index in [1.165, 1.54) is 36.4 Å². The first-order valence-corrected chi connectivity index (χ1v) is 7.32. The van der Waals surface area contributed by atoms with Gasteiger partial charge in [-0.05, 0) is 30.3 Å². The van der Waals surface area contributed by atoms with E-state index in [0.717, 1.165) is 6.07 Å². The number of hydrogen-bond donors (Lipinski definition) is 3. The van der Waals surface area contributed by atoms with Gasteiger partial charge in [0.2, 0.25) is 0 Å². The normalized spacial score (nSPS) is 10.0. The molecule has 0 atom stereocenters. The van der Waals surface area contributed by atoms with Crippen LogP contribution in [0.15, 0.2) is 42.5 Å². The predicted octanol–water partition coefficient (Wildman–Crippen LogP) is 1.68. The molecule has 0 heterocycles. The second-order valence-electron chi connectivity index (χ2n) is 4.79. The third kappa shape index (κ3) is 4.92. The Morgan fingerprint density at radius 3 is 2.52 bits per heavy atom. The van der Waals surface area contributed by atoms with Crippen LogP contribution in [0.3, 0.4) is 0 Å². The molecule has 0 unspecified atom stereocenters. The summed E-state index contributed by atoms with van der Waals surface area (Å²) in [6.45, 7) is -0.678. The fourth-order valence-electron chi connectivity index (χ4n) is 1.79. The van der Waals surface area contributed by atoms with E-state index < -0.39 is 30.2 Å². The third-order valence-electron chi connectivity index (χ3n) is 3.00. The number of hydrogen-bond acceptors (Lipinski definition) is 5. The van der Waals surface area contributed by atoms with Gasteiger partial charge in [-0.15, -0.1) is 0 Å². The fraction of sp³-hybridized carbons (Fsp3) is 0.0625. The number of carbonyl (C=O) groups excluding carboxylic acids is 3. The van der Waals surface area contributed by atoms with Crippen molar-refractivity contribution in [2.24, 2.45) is 0 Å². The molecule has 0 aromatic heterocycles. The molecule has 2 amide bonds. The smallest absolute Gasteiger partial charge is 0.340 e. The van der Waals surface area contributed by atoms with Crippen LogP contribution in [-0.2, 0) is 9.53 Å². The van der Waals surface area contributed by atoms with Crippen molar-refractivity contribution in [1.82, 2.24) is 10.9 Å². The summed E-state index contributed by atoms with van der Waals surface area (Å²) in [4.78, 5) is 35.2. The number of ether oxygens (including phenoxy) is 1. The number of rotatable bonds is 4. The van der Waals surface area contributed by atoms with E-state index in [1.807, 2.05) is 10.9 Å². The van der Waals surface area contributed by atoms with E-state index in [2.05, 4.69) is 0 Å². The lowest BCUT2D eigenvalue weighted by Crippen LogP contribution is -2.43. The van der Waals surface area contributed by atoms with E-state index in [0.29, 0.717) is 0 Å². The van der Waals surface area contributed by atoms with Crippen LogP contribution in [0.1, 0.15) is 20.7 Å². The molecule has 0 saturated heterocycles. The molecule has 0 saturated carbocycles. The maximum atomic E-state index is 13.4. The molecular formula is C16H13ClFN3O4. The zero-order valence-corrected chi connectivity index (χ0v) is 13.5. The van der Waals surface area contributed by atoms with Gasteiger partial charge >= 0.3 is 5.97 Å². The van der Waals surface area contributed by atoms with Crippen LogP contribution in [0.2, 0.25) is 5.02 Å². The van der Waals surface area contributed by atoms with Crippen molar-refractivity contribution in [3.8, 4) is 0 Å². The van der Waals surface area contributed by atoms with Gasteiger partial charge in [0.1, 0.15) is 5.82 Å². The Labute approximate surface area is 146 Å². The van der Waals surface area contributed by atoms with E-state index in [-0.39, 0.29) is 21.8 Å². The van der Waals surface area contributed by atoms with Gasteiger partial charge in [0.05, 0.1) is 11.1 Å². The summed E-state index contributed by atoms with van der Waals surface area (Å²) >= 11 is 5.76. The molecule has 0 spiro atoms. The maximum Gasteiger partial charge on any atom is 0.340 e. The number of nitrogen functional groups attached to an aromatic ring is 1. The fourth-order valence-corrected chi connectivity index (χ4v) is 1.96. The Hall–Kier alpha value is -3.13. The summed E-state index contributed by atoms with van der Waals surface area (Å²) in [6.07, 6.45) is 0. The summed E-state index contributed by atoms with van der Waals surface area (Å²) in [5.41, 5.74) is 9.54. The standard InChI is InChI=1S/C16H13ClFN3O4/c17-9-5-6-13(19)11(7-9)16(24)25-8-14(22)20-21-15(23)10-3-1-2-4-12(10)18/h1-7H,8,19H2,(H,20,22)(H,21,23). The minimum atomic E-state index is -0.851. The van der Waals surface area contributed by atoms with Gasteiger partial charge in [-0.2, -0.15) is 0 Å². The van der Waals surface area contributed by atoms with Crippen molar-refractivity contribution in [2.45, 2.75) is 0 Å². The monoisotopic (exact) mass is 365 g/mol. The summed E-state index contributed by atoms with van der Waals surface area (Å²) in [5.74, 6) is -3.26. The van der Waals surface area contributed by atoms with Gasteiger partial charge in [0, 0.05) is 10.7 Å². The number of anilines is 1. The Morgan fingerprint density at radius 2 is 1.80 bits per heavy atom. The molecule has 0 aliphatic carbocycles. The molecule has 2 aromatic rings. The third-order valence-corrected chi connectivity index (χ3v) is 3.24. The summed E-state index contributed by atoms with van der Waals surface area (Å²) < 4.78 is 18.2. The Balaban J connectivity index is 1.85. The van der Waals surface area contributed by atoms with E-state index in [4.69, 9.17) is 22.1 Å². The van der Waals surface area contributed by atoms with Crippen LogP contribution >= 0.6 is 11.6 Å². The number of amides is 2. The van der Waals surface area contributed by atoms with Gasteiger partial charge in [-0.1, -0.05) is 23.7 Å². The van der Waals surface area contributed by atoms with Gasteiger partial charge in [0.15, 0.2) is 6.61 Å². The average Bonchev–Trinajstić information content (AvgIpc) is 2.60. The molecule has 0 fully saturated rings. The second-order valence-corrected chi connectivity index (χ2v) is 5.23. The molecular weight excluding hydrogens is 353 g/mol. The summed E-state index contributed by atoms with van der Waals surface area (Å²) in [6, 6.07) is 9.47. The number of carbonyl (C=O) groups is 3. The van der Waals surface area contributed by atoms with Crippen LogP contribution in [0.25, 0.3) is 0 Å². The molecule has 0 radical (unpaired) electrons. The van der Waals surface area contributed by atoms with Crippen LogP contribution in [0, 0.1) is 5.82 Å². The number of hydrazine groups is 1. The molecule has 0 aliphatic rings. The summed E-state index contributed by atoms with van der Waals surface area (Å²) in [5, 5.41) is 0.280. The molecule has 9 heteroatoms. The number of esters is 1. The van der Waals surface area contributed by atoms with Crippen molar-refractivity contribution in [2.75, 3.05) is 12.3 Å². The highest BCUT2D eigenvalue weighted by Crippen LogP contribution is 2.18. The highest BCUT2D eigenvalue weighted by Gasteiger charge is 2.15. The van der Waals surface area contributed by atoms with Crippen LogP contribution in [0.5, 0.6) is 0 Å². The van der Waals surface area contributed by atoms with Crippen molar-refractivity contribution in [3.63, 3.8) is 0 Å². The van der Waals surface area contributed by atoms with Crippen LogP contribution in [-0.4, -0.2) is 24.4 Å². The quantitative estimate of drug-likeness (QED) is 0.433. The zero-order valence-electron chi connectivity index (χ0n) is 12.7. The number of nitrogens with one attached hydrogen (secondary N) is 2. The number of benzene rings is 2. The molecule has 130 valence electrons. The minimum absolute atomic E-state index is 0.00990. The van der Waals surface area contributed by atoms with Crippen LogP contribution in [0.4, 0.5) is 10.1 Å². The average molecular weight is 366 g/mol. The highest BCUT2D eigenvalue weighted by molar-refractivity contribution is 6.31. The van der Waals surface area contributed by atoms with Gasteiger partial charge in [-0.25, -0.2) is 9.18 Å². The van der Waals surface area contributed by atoms with Crippen LogP contribution < -0.4 is 16.6 Å². The predicted molar refractivity (Wildman–Crippen MR) is 88.2 cm³/mol. The topological polar surface area (TPSA) is 111 Å². The second kappa shape index (κ2) is 8.11. The van der Waals surface area contributed by atoms with Gasteiger partial charge < -0.3 is 10.5 Å². The van der Waals surface area contributed by atoms with Crippen molar-refractivity contribution in [1.29, 1.82) is 0 Å². The lowest BCUT2D eigenvalue weighted by molar-refractivity contribution is -0.125. The summed E-state index contributed by atoms with van der Waals surface area (Å²) in [7, 11) is 0. The molecule has 4 N–H and O–H groups in total. The Bertz CT molecular complexity index is 829. The maximum absolute atomic E-state index is 13.4. The SMILES string of the molecule is Nc1ccc(Cl)cc1C(=O)OCC(=O)NNC(=O)c1ccccc1F. The molecule has 0 aliphatic heterocycles. The largest absolute Gasteiger partial charge is 0.452 e. The van der Waals surface area contributed by atoms with E-state index in [9.17, 15) is 18.8 Å². The Morgan fingerprint density at radius 1 is 1.08 bits per heavy atom. The molecule has 25 heavy (non-hydrogen) atoms. The lowest BCUT2D eigenvalue weighted by atomic mass is 10.2. The first-order valence-electron chi connectivity index (χ1n) is 6.94. The minimum Gasteiger partial charge on any atom is -0.452 e. The first-order chi connectivity index (χ1) is 11.9. The number of halogens is 2. The molecule has 7 nitrogen and oxygen atoms in total. The molecule has 0 bridgehead atoms. The van der Waals surface area contributed by atoms with Gasteiger partial charge in [-0.3, -0.25) is 20.4 Å². The van der Waals surface area contributed by atoms with Crippen molar-refractivity contribution in [3.05, 3.63) is 64.4 Å². The molecule has 2 aromatic carbocycles. The highest BCUT2D eigenvalue weighted by atomic mass is 35.5. The first kappa shape index (κ1) is 18.2. The Kier molecular flexibility index (Phi) is 5.91. The molecule has 2 rings (SSSR count). The van der Waals surface area contributed by atoms with Crippen molar-refractivity contribution >= 4 is 35.1 Å². The van der Waals surface area contributed by atoms with Crippen molar-refractivity contribution < 1.29 is 23.5 Å². The van der Waals surface area contributed by atoms with E-state index >= 15 is 0 Å². The van der Waals surface area contributed by atoms with E-state index in [1.54, 1.807) is 0 Å². The lowest BCUT2D eigenvalue weighted by Gasteiger charge is -2.09. The van der Waals surface area contributed by atoms with Gasteiger partial charge in [0.25, 0.3) is 11.8 Å². The zero-order chi connectivity index (χ0) is 18.4. The number of nitrogens with two attached hydrogens (primary N) is 1.